The van der Waals surface area contributed by atoms with Gasteiger partial charge in [-0.05, 0) is 24.8 Å². The van der Waals surface area contributed by atoms with Crippen molar-refractivity contribution in [2.45, 2.75) is 31.9 Å². The molecule has 0 saturated carbocycles. The molecule has 1 rings (SSSR count). The molecule has 2 N–H and O–H groups in total. The van der Waals surface area contributed by atoms with Crippen LogP contribution in [0.3, 0.4) is 0 Å². The van der Waals surface area contributed by atoms with E-state index in [-0.39, 0.29) is 13.2 Å². The van der Waals surface area contributed by atoms with Crippen LogP contribution in [-0.2, 0) is 25.7 Å². The van der Waals surface area contributed by atoms with E-state index in [1.807, 2.05) is 30.3 Å². The summed E-state index contributed by atoms with van der Waals surface area (Å²) < 4.78 is 9.66. The summed E-state index contributed by atoms with van der Waals surface area (Å²) in [6, 6.07) is 8.43. The van der Waals surface area contributed by atoms with Crippen molar-refractivity contribution in [1.82, 2.24) is 10.6 Å². The molecule has 136 valence electrons. The number of carbonyl (C=O) groups is 3. The third-order valence-corrected chi connectivity index (χ3v) is 3.33. The third kappa shape index (κ3) is 8.55. The Balaban J connectivity index is 2.33. The summed E-state index contributed by atoms with van der Waals surface area (Å²) >= 11 is 0. The van der Waals surface area contributed by atoms with Crippen LogP contribution >= 0.6 is 0 Å². The number of hydrogen-bond acceptors (Lipinski definition) is 5. The summed E-state index contributed by atoms with van der Waals surface area (Å²) in [6.45, 7) is 3.43. The average molecular weight is 348 g/mol. The molecule has 25 heavy (non-hydrogen) atoms. The summed E-state index contributed by atoms with van der Waals surface area (Å²) in [5.74, 6) is -1.02. The standard InChI is InChI=1S/C18H24N2O5/c1-3-4-6-11-15(17(22)24-2)20-16(21)12-19-18(23)25-13-14-9-7-5-8-10-14/h3,5,7-10,15H,1,4,6,11-13H2,2H3,(H,19,23)(H,20,21)/t15-/m0/s1. The van der Waals surface area contributed by atoms with Gasteiger partial charge in [0.2, 0.25) is 5.91 Å². The number of hydrogen-bond donors (Lipinski definition) is 2. The lowest BCUT2D eigenvalue weighted by atomic mass is 10.1. The lowest BCUT2D eigenvalue weighted by Crippen LogP contribution is -2.46. The van der Waals surface area contributed by atoms with Crippen molar-refractivity contribution in [1.29, 1.82) is 0 Å². The number of carbonyl (C=O) groups excluding carboxylic acids is 3. The highest BCUT2D eigenvalue weighted by molar-refractivity contribution is 5.87. The zero-order chi connectivity index (χ0) is 18.5. The fourth-order valence-corrected chi connectivity index (χ4v) is 2.03. The molecule has 0 fully saturated rings. The predicted molar refractivity (Wildman–Crippen MR) is 92.6 cm³/mol. The van der Waals surface area contributed by atoms with Gasteiger partial charge in [0.1, 0.15) is 19.2 Å². The zero-order valence-corrected chi connectivity index (χ0v) is 14.3. The Kier molecular flexibility index (Phi) is 9.43. The van der Waals surface area contributed by atoms with Gasteiger partial charge in [-0.1, -0.05) is 36.4 Å². The Morgan fingerprint density at radius 2 is 1.96 bits per heavy atom. The summed E-state index contributed by atoms with van der Waals surface area (Å²) in [6.07, 6.45) is 2.88. The molecule has 0 unspecified atom stereocenters. The minimum atomic E-state index is -0.750. The van der Waals surface area contributed by atoms with Gasteiger partial charge < -0.3 is 20.1 Å². The molecule has 1 aromatic rings. The third-order valence-electron chi connectivity index (χ3n) is 3.33. The second-order valence-electron chi connectivity index (χ2n) is 5.28. The fourth-order valence-electron chi connectivity index (χ4n) is 2.03. The number of allylic oxidation sites excluding steroid dienone is 1. The van der Waals surface area contributed by atoms with E-state index in [1.54, 1.807) is 6.08 Å². The Morgan fingerprint density at radius 1 is 1.24 bits per heavy atom. The molecule has 0 bridgehead atoms. The molecule has 1 atom stereocenters. The summed E-state index contributed by atoms with van der Waals surface area (Å²) in [5.41, 5.74) is 0.843. The highest BCUT2D eigenvalue weighted by Gasteiger charge is 2.21. The number of unbranched alkanes of at least 4 members (excludes halogenated alkanes) is 1. The maximum Gasteiger partial charge on any atom is 0.407 e. The number of ether oxygens (including phenoxy) is 2. The highest BCUT2D eigenvalue weighted by atomic mass is 16.5. The quantitative estimate of drug-likeness (QED) is 0.383. The van der Waals surface area contributed by atoms with Crippen LogP contribution in [0.2, 0.25) is 0 Å². The first-order chi connectivity index (χ1) is 12.1. The van der Waals surface area contributed by atoms with Gasteiger partial charge in [-0.3, -0.25) is 4.79 Å². The van der Waals surface area contributed by atoms with E-state index in [0.29, 0.717) is 12.8 Å². The van der Waals surface area contributed by atoms with E-state index in [9.17, 15) is 14.4 Å². The number of esters is 1. The molecule has 0 heterocycles. The predicted octanol–water partition coefficient (Wildman–Crippen LogP) is 1.93. The van der Waals surface area contributed by atoms with Crippen molar-refractivity contribution in [2.24, 2.45) is 0 Å². The first kappa shape index (κ1) is 20.2. The van der Waals surface area contributed by atoms with Gasteiger partial charge in [-0.25, -0.2) is 9.59 Å². The van der Waals surface area contributed by atoms with Gasteiger partial charge in [-0.2, -0.15) is 0 Å². The van der Waals surface area contributed by atoms with E-state index >= 15 is 0 Å². The van der Waals surface area contributed by atoms with Crippen molar-refractivity contribution in [3.05, 3.63) is 48.6 Å². The van der Waals surface area contributed by atoms with Crippen LogP contribution in [0, 0.1) is 0 Å². The van der Waals surface area contributed by atoms with E-state index in [1.165, 1.54) is 7.11 Å². The molecule has 0 spiro atoms. The van der Waals surface area contributed by atoms with Crippen LogP contribution < -0.4 is 10.6 Å². The number of methoxy groups -OCH3 is 1. The number of rotatable bonds is 10. The molecule has 0 aliphatic rings. The second kappa shape index (κ2) is 11.7. The Bertz CT molecular complexity index is 574. The molecule has 0 aliphatic heterocycles. The van der Waals surface area contributed by atoms with E-state index < -0.39 is 24.0 Å². The van der Waals surface area contributed by atoms with Crippen LogP contribution in [0.1, 0.15) is 24.8 Å². The maximum atomic E-state index is 11.9. The molecule has 0 saturated heterocycles. The average Bonchev–Trinajstić information content (AvgIpc) is 2.64. The monoisotopic (exact) mass is 348 g/mol. The van der Waals surface area contributed by atoms with Crippen molar-refractivity contribution >= 4 is 18.0 Å². The lowest BCUT2D eigenvalue weighted by Gasteiger charge is -2.16. The van der Waals surface area contributed by atoms with Gasteiger partial charge in [-0.15, -0.1) is 6.58 Å². The zero-order valence-electron chi connectivity index (χ0n) is 14.3. The molecule has 2 amide bonds. The first-order valence-corrected chi connectivity index (χ1v) is 7.99. The largest absolute Gasteiger partial charge is 0.467 e. The second-order valence-corrected chi connectivity index (χ2v) is 5.28. The van der Waals surface area contributed by atoms with Crippen molar-refractivity contribution in [3.8, 4) is 0 Å². The fraction of sp³-hybridized carbons (Fsp3) is 0.389. The van der Waals surface area contributed by atoms with Crippen LogP contribution in [0.4, 0.5) is 4.79 Å². The number of benzene rings is 1. The number of nitrogens with one attached hydrogen (secondary N) is 2. The van der Waals surface area contributed by atoms with Crippen LogP contribution in [0.15, 0.2) is 43.0 Å². The lowest BCUT2D eigenvalue weighted by molar-refractivity contribution is -0.145. The smallest absolute Gasteiger partial charge is 0.407 e. The van der Waals surface area contributed by atoms with Gasteiger partial charge in [0.15, 0.2) is 0 Å². The molecular weight excluding hydrogens is 324 g/mol. The Hall–Kier alpha value is -2.83. The molecule has 0 aliphatic carbocycles. The van der Waals surface area contributed by atoms with E-state index in [2.05, 4.69) is 21.9 Å². The van der Waals surface area contributed by atoms with Crippen molar-refractivity contribution in [2.75, 3.05) is 13.7 Å². The first-order valence-electron chi connectivity index (χ1n) is 7.99. The van der Waals surface area contributed by atoms with Crippen LogP contribution in [-0.4, -0.2) is 37.7 Å². The molecule has 7 nitrogen and oxygen atoms in total. The molecule has 0 aromatic heterocycles. The van der Waals surface area contributed by atoms with E-state index in [4.69, 9.17) is 4.74 Å². The van der Waals surface area contributed by atoms with Gasteiger partial charge in [0.05, 0.1) is 7.11 Å². The SMILES string of the molecule is C=CCCC[C@H](NC(=O)CNC(=O)OCc1ccccc1)C(=O)OC. The Morgan fingerprint density at radius 3 is 2.60 bits per heavy atom. The van der Waals surface area contributed by atoms with Crippen molar-refractivity contribution < 1.29 is 23.9 Å². The number of alkyl carbamates (subject to hydrolysis) is 1. The molecule has 0 radical (unpaired) electrons. The van der Waals surface area contributed by atoms with E-state index in [0.717, 1.165) is 12.0 Å². The molecule has 1 aromatic carbocycles. The van der Waals surface area contributed by atoms with Crippen molar-refractivity contribution in [3.63, 3.8) is 0 Å². The minimum absolute atomic E-state index is 0.112. The number of amides is 2. The molecule has 7 heteroatoms. The maximum absolute atomic E-state index is 11.9. The normalized spacial score (nSPS) is 11.1. The topological polar surface area (TPSA) is 93.7 Å². The van der Waals surface area contributed by atoms with Gasteiger partial charge in [0, 0.05) is 0 Å². The van der Waals surface area contributed by atoms with Gasteiger partial charge in [0.25, 0.3) is 0 Å². The highest BCUT2D eigenvalue weighted by Crippen LogP contribution is 2.03. The van der Waals surface area contributed by atoms with Crippen LogP contribution in [0.5, 0.6) is 0 Å². The minimum Gasteiger partial charge on any atom is -0.467 e. The summed E-state index contributed by atoms with van der Waals surface area (Å²) in [7, 11) is 1.26. The van der Waals surface area contributed by atoms with Gasteiger partial charge >= 0.3 is 12.1 Å². The summed E-state index contributed by atoms with van der Waals surface area (Å²) in [4.78, 5) is 35.1. The Labute approximate surface area is 147 Å². The van der Waals surface area contributed by atoms with Crippen LogP contribution in [0.25, 0.3) is 0 Å². The molecular formula is C18H24N2O5. The summed E-state index contributed by atoms with van der Waals surface area (Å²) in [5, 5.41) is 4.88.